The molecular weight excluding hydrogens is 172 g/mol. The predicted octanol–water partition coefficient (Wildman–Crippen LogP) is 2.55. The number of aromatic nitrogens is 2. The molecule has 0 saturated carbocycles. The van der Waals surface area contributed by atoms with Crippen molar-refractivity contribution in [3.05, 3.63) is 24.0 Å². The molecule has 12 heavy (non-hydrogen) atoms. The predicted molar refractivity (Wildman–Crippen MR) is 52.3 cm³/mol. The number of allylic oxidation sites excluding steroid dienone is 1. The maximum absolute atomic E-state index is 5.54. The van der Waals surface area contributed by atoms with Gasteiger partial charge in [-0.1, -0.05) is 6.08 Å². The maximum atomic E-state index is 5.54. The summed E-state index contributed by atoms with van der Waals surface area (Å²) in [5.74, 6) is 0.677. The molecule has 0 atom stereocenters. The molecule has 0 aliphatic carbocycles. The molecule has 2 nitrogen and oxygen atoms in total. The average Bonchev–Trinajstić information content (AvgIpc) is 2.52. The fourth-order valence-electron chi connectivity index (χ4n) is 1.02. The number of nitrogens with zero attached hydrogens (tertiary/aromatic N) is 2. The van der Waals surface area contributed by atoms with E-state index in [1.54, 1.807) is 0 Å². The van der Waals surface area contributed by atoms with E-state index in [9.17, 15) is 0 Å². The van der Waals surface area contributed by atoms with Gasteiger partial charge in [0.1, 0.15) is 0 Å². The minimum Gasteiger partial charge on any atom is -0.266 e. The van der Waals surface area contributed by atoms with Crippen molar-refractivity contribution in [3.63, 3.8) is 0 Å². The summed E-state index contributed by atoms with van der Waals surface area (Å²) in [7, 11) is 0. The molecule has 0 saturated heterocycles. The van der Waals surface area contributed by atoms with Gasteiger partial charge in [-0.2, -0.15) is 5.10 Å². The second-order valence-corrected chi connectivity index (χ2v) is 2.83. The van der Waals surface area contributed by atoms with Gasteiger partial charge in [-0.25, -0.2) is 0 Å². The van der Waals surface area contributed by atoms with E-state index in [0.717, 1.165) is 18.7 Å². The normalized spacial score (nSPS) is 11.2. The Kier molecular flexibility index (Phi) is 3.88. The van der Waals surface area contributed by atoms with Crippen LogP contribution in [0.3, 0.4) is 0 Å². The third kappa shape index (κ3) is 2.38. The van der Waals surface area contributed by atoms with E-state index in [-0.39, 0.29) is 0 Å². The second-order valence-electron chi connectivity index (χ2n) is 2.45. The average molecular weight is 185 g/mol. The Hall–Kier alpha value is -0.760. The van der Waals surface area contributed by atoms with Gasteiger partial charge >= 0.3 is 0 Å². The lowest BCUT2D eigenvalue weighted by Crippen LogP contribution is -1.97. The third-order valence-corrected chi connectivity index (χ3v) is 1.83. The largest absolute Gasteiger partial charge is 0.266 e. The summed E-state index contributed by atoms with van der Waals surface area (Å²) in [4.78, 5) is 0. The van der Waals surface area contributed by atoms with Gasteiger partial charge in [0, 0.05) is 18.6 Å². The Bertz CT molecular complexity index is 253. The van der Waals surface area contributed by atoms with Gasteiger partial charge in [-0.15, -0.1) is 11.6 Å². The number of hydrogen-bond donors (Lipinski definition) is 0. The quantitative estimate of drug-likeness (QED) is 0.658. The first-order valence-electron chi connectivity index (χ1n) is 4.12. The Labute approximate surface area is 77.8 Å². The molecule has 0 amide bonds. The van der Waals surface area contributed by atoms with E-state index in [1.807, 2.05) is 16.9 Å². The highest BCUT2D eigenvalue weighted by Crippen LogP contribution is 2.02. The fraction of sp³-hybridized carbons (Fsp3) is 0.444. The van der Waals surface area contributed by atoms with Crippen molar-refractivity contribution >= 4 is 17.7 Å². The van der Waals surface area contributed by atoms with Crippen molar-refractivity contribution in [2.45, 2.75) is 19.9 Å². The van der Waals surface area contributed by atoms with E-state index >= 15 is 0 Å². The molecule has 0 aliphatic heterocycles. The molecule has 1 rings (SSSR count). The SMILES string of the molecule is CCn1nccc1C=CCCCl. The third-order valence-electron chi connectivity index (χ3n) is 1.61. The van der Waals surface area contributed by atoms with Crippen LogP contribution in [0.25, 0.3) is 6.08 Å². The number of hydrogen-bond acceptors (Lipinski definition) is 1. The number of aryl methyl sites for hydroxylation is 1. The maximum Gasteiger partial charge on any atom is 0.0606 e. The standard InChI is InChI=1S/C9H13ClN2/c1-2-12-9(6-8-11-12)5-3-4-7-10/h3,5-6,8H,2,4,7H2,1H3. The van der Waals surface area contributed by atoms with Crippen LogP contribution in [0.4, 0.5) is 0 Å². The molecule has 3 heteroatoms. The van der Waals surface area contributed by atoms with Crippen LogP contribution < -0.4 is 0 Å². The van der Waals surface area contributed by atoms with Gasteiger partial charge in [0.15, 0.2) is 0 Å². The van der Waals surface area contributed by atoms with Gasteiger partial charge in [0.25, 0.3) is 0 Å². The first-order chi connectivity index (χ1) is 5.88. The Morgan fingerprint density at radius 3 is 3.17 bits per heavy atom. The van der Waals surface area contributed by atoms with Crippen LogP contribution in [0.15, 0.2) is 18.3 Å². The summed E-state index contributed by atoms with van der Waals surface area (Å²) in [6, 6.07) is 1.99. The fourth-order valence-corrected chi connectivity index (χ4v) is 1.14. The lowest BCUT2D eigenvalue weighted by molar-refractivity contribution is 0.654. The van der Waals surface area contributed by atoms with Crippen molar-refractivity contribution < 1.29 is 0 Å². The molecule has 1 aromatic rings. The molecule has 1 heterocycles. The van der Waals surface area contributed by atoms with Crippen LogP contribution in [0.2, 0.25) is 0 Å². The minimum atomic E-state index is 0.677. The molecule has 0 N–H and O–H groups in total. The molecule has 0 radical (unpaired) electrons. The molecule has 0 bridgehead atoms. The van der Waals surface area contributed by atoms with Crippen molar-refractivity contribution in [2.75, 3.05) is 5.88 Å². The van der Waals surface area contributed by atoms with Crippen LogP contribution in [0.1, 0.15) is 19.0 Å². The summed E-state index contributed by atoms with van der Waals surface area (Å²) in [5, 5.41) is 4.15. The Balaban J connectivity index is 2.61. The van der Waals surface area contributed by atoms with Crippen molar-refractivity contribution in [1.82, 2.24) is 9.78 Å². The molecule has 0 aliphatic rings. The Morgan fingerprint density at radius 2 is 2.50 bits per heavy atom. The molecule has 66 valence electrons. The highest BCUT2D eigenvalue weighted by atomic mass is 35.5. The summed E-state index contributed by atoms with van der Waals surface area (Å²) in [6.45, 7) is 2.99. The zero-order valence-electron chi connectivity index (χ0n) is 7.20. The van der Waals surface area contributed by atoms with Crippen molar-refractivity contribution in [2.24, 2.45) is 0 Å². The second kappa shape index (κ2) is 4.99. The Morgan fingerprint density at radius 1 is 1.67 bits per heavy atom. The molecule has 0 unspecified atom stereocenters. The minimum absolute atomic E-state index is 0.677. The first kappa shape index (κ1) is 9.33. The summed E-state index contributed by atoms with van der Waals surface area (Å²) < 4.78 is 1.95. The van der Waals surface area contributed by atoms with Crippen LogP contribution in [0.5, 0.6) is 0 Å². The van der Waals surface area contributed by atoms with Crippen LogP contribution >= 0.6 is 11.6 Å². The van der Waals surface area contributed by atoms with Gasteiger partial charge in [0.05, 0.1) is 5.69 Å². The summed E-state index contributed by atoms with van der Waals surface area (Å²) in [6.07, 6.45) is 6.84. The number of alkyl halides is 1. The number of halogens is 1. The number of rotatable bonds is 4. The lowest BCUT2D eigenvalue weighted by atomic mass is 10.3. The molecule has 0 fully saturated rings. The van der Waals surface area contributed by atoms with Gasteiger partial charge in [0.2, 0.25) is 0 Å². The highest BCUT2D eigenvalue weighted by Gasteiger charge is 1.93. The lowest BCUT2D eigenvalue weighted by Gasteiger charge is -1.97. The van der Waals surface area contributed by atoms with E-state index in [4.69, 9.17) is 11.6 Å². The summed E-state index contributed by atoms with van der Waals surface area (Å²) in [5.41, 5.74) is 1.14. The first-order valence-corrected chi connectivity index (χ1v) is 4.66. The van der Waals surface area contributed by atoms with Crippen LogP contribution in [-0.2, 0) is 6.54 Å². The summed E-state index contributed by atoms with van der Waals surface area (Å²) >= 11 is 5.54. The smallest absolute Gasteiger partial charge is 0.0606 e. The van der Waals surface area contributed by atoms with E-state index in [1.165, 1.54) is 0 Å². The van der Waals surface area contributed by atoms with Crippen molar-refractivity contribution in [3.8, 4) is 0 Å². The van der Waals surface area contributed by atoms with Crippen LogP contribution in [0, 0.1) is 0 Å². The van der Waals surface area contributed by atoms with Gasteiger partial charge in [-0.3, -0.25) is 4.68 Å². The van der Waals surface area contributed by atoms with Crippen molar-refractivity contribution in [1.29, 1.82) is 0 Å². The topological polar surface area (TPSA) is 17.8 Å². The van der Waals surface area contributed by atoms with Crippen LogP contribution in [-0.4, -0.2) is 15.7 Å². The molecule has 1 aromatic heterocycles. The van der Waals surface area contributed by atoms with Gasteiger partial charge < -0.3 is 0 Å². The molecule has 0 spiro atoms. The van der Waals surface area contributed by atoms with E-state index < -0.39 is 0 Å². The molecule has 0 aromatic carbocycles. The zero-order valence-corrected chi connectivity index (χ0v) is 7.96. The highest BCUT2D eigenvalue weighted by molar-refractivity contribution is 6.17. The monoisotopic (exact) mass is 184 g/mol. The van der Waals surface area contributed by atoms with E-state index in [2.05, 4.69) is 24.2 Å². The van der Waals surface area contributed by atoms with Gasteiger partial charge in [-0.05, 0) is 25.5 Å². The van der Waals surface area contributed by atoms with E-state index in [0.29, 0.717) is 5.88 Å². The zero-order chi connectivity index (χ0) is 8.81. The molecular formula is C9H13ClN2.